The minimum absolute atomic E-state index is 0.0806. The van der Waals surface area contributed by atoms with Crippen molar-refractivity contribution in [3.05, 3.63) is 48.6 Å². The van der Waals surface area contributed by atoms with Gasteiger partial charge in [-0.15, -0.1) is 0 Å². The van der Waals surface area contributed by atoms with Crippen molar-refractivity contribution in [3.8, 4) is 0 Å². The third-order valence-electron chi connectivity index (χ3n) is 12.8. The second kappa shape index (κ2) is 56.0. The van der Waals surface area contributed by atoms with E-state index in [2.05, 4.69) is 69.4 Å². The molecule has 0 saturated carbocycles. The Kier molecular flexibility index (Phi) is 53.8. The largest absolute Gasteiger partial charge is 0.462 e. The predicted molar refractivity (Wildman–Crippen MR) is 289 cm³/mol. The van der Waals surface area contributed by atoms with Gasteiger partial charge in [0.1, 0.15) is 13.2 Å². The molecule has 0 aliphatic rings. The van der Waals surface area contributed by atoms with Crippen LogP contribution in [0.25, 0.3) is 0 Å². The second-order valence-corrected chi connectivity index (χ2v) is 19.6. The Morgan fingerprint density at radius 1 is 0.299 bits per heavy atom. The van der Waals surface area contributed by atoms with Crippen LogP contribution in [0.2, 0.25) is 0 Å². The maximum absolute atomic E-state index is 12.8. The van der Waals surface area contributed by atoms with Crippen LogP contribution in [0.4, 0.5) is 0 Å². The van der Waals surface area contributed by atoms with Gasteiger partial charge in [-0.25, -0.2) is 0 Å². The smallest absolute Gasteiger partial charge is 0.306 e. The SMILES string of the molecule is CCC/C=C\C/C=C\CCCCCCCC(=O)OCC(COC(=O)CCCCCCCCCCCCCCCCCCCCCCC)OC(=O)CCCCCCC/C=C\C/C=C\CCCCC. The van der Waals surface area contributed by atoms with Crippen LogP contribution in [0.5, 0.6) is 0 Å². The van der Waals surface area contributed by atoms with Crippen LogP contribution in [0.3, 0.4) is 0 Å². The summed E-state index contributed by atoms with van der Waals surface area (Å²) in [6, 6.07) is 0. The summed E-state index contributed by atoms with van der Waals surface area (Å²) in [6.07, 6.45) is 68.2. The normalized spacial score (nSPS) is 12.3. The number of rotatable bonds is 53. The minimum Gasteiger partial charge on any atom is -0.462 e. The van der Waals surface area contributed by atoms with Crippen LogP contribution >= 0.6 is 0 Å². The first-order valence-corrected chi connectivity index (χ1v) is 29.1. The molecule has 0 bridgehead atoms. The maximum Gasteiger partial charge on any atom is 0.306 e. The van der Waals surface area contributed by atoms with Crippen molar-refractivity contribution in [3.63, 3.8) is 0 Å². The molecule has 0 aromatic carbocycles. The number of ether oxygens (including phenoxy) is 3. The second-order valence-electron chi connectivity index (χ2n) is 19.6. The zero-order valence-electron chi connectivity index (χ0n) is 44.7. The first-order chi connectivity index (χ1) is 33.0. The molecule has 1 unspecified atom stereocenters. The van der Waals surface area contributed by atoms with Crippen molar-refractivity contribution < 1.29 is 28.6 Å². The Morgan fingerprint density at radius 3 is 0.910 bits per heavy atom. The van der Waals surface area contributed by atoms with E-state index in [9.17, 15) is 14.4 Å². The molecule has 0 aromatic heterocycles. The van der Waals surface area contributed by atoms with Gasteiger partial charge in [0.05, 0.1) is 0 Å². The lowest BCUT2D eigenvalue weighted by atomic mass is 10.0. The highest BCUT2D eigenvalue weighted by Crippen LogP contribution is 2.17. The molecule has 0 radical (unpaired) electrons. The first kappa shape index (κ1) is 64.4. The van der Waals surface area contributed by atoms with E-state index in [-0.39, 0.29) is 31.1 Å². The third-order valence-corrected chi connectivity index (χ3v) is 12.8. The van der Waals surface area contributed by atoms with Gasteiger partial charge in [-0.1, -0.05) is 256 Å². The van der Waals surface area contributed by atoms with Crippen LogP contribution in [0.1, 0.15) is 303 Å². The van der Waals surface area contributed by atoms with Gasteiger partial charge in [-0.3, -0.25) is 14.4 Å². The van der Waals surface area contributed by atoms with Gasteiger partial charge in [-0.05, 0) is 77.0 Å². The number of unbranched alkanes of at least 4 members (excludes halogenated alkanes) is 34. The van der Waals surface area contributed by atoms with Gasteiger partial charge in [0, 0.05) is 19.3 Å². The molecule has 6 heteroatoms. The van der Waals surface area contributed by atoms with E-state index in [1.54, 1.807) is 0 Å². The van der Waals surface area contributed by atoms with Crippen LogP contribution in [0, 0.1) is 0 Å². The highest BCUT2D eigenvalue weighted by atomic mass is 16.6. The van der Waals surface area contributed by atoms with E-state index in [4.69, 9.17) is 14.2 Å². The van der Waals surface area contributed by atoms with Crippen molar-refractivity contribution in [1.82, 2.24) is 0 Å². The van der Waals surface area contributed by atoms with Crippen LogP contribution in [-0.2, 0) is 28.6 Å². The zero-order valence-corrected chi connectivity index (χ0v) is 44.7. The van der Waals surface area contributed by atoms with Crippen molar-refractivity contribution in [1.29, 1.82) is 0 Å². The van der Waals surface area contributed by atoms with Crippen molar-refractivity contribution in [2.24, 2.45) is 0 Å². The number of carbonyl (C=O) groups is 3. The van der Waals surface area contributed by atoms with Gasteiger partial charge < -0.3 is 14.2 Å². The fraction of sp³-hybridized carbons (Fsp3) is 0.820. The fourth-order valence-corrected chi connectivity index (χ4v) is 8.39. The Labute approximate surface area is 416 Å². The predicted octanol–water partition coefficient (Wildman–Crippen LogP) is 19.4. The average Bonchev–Trinajstić information content (AvgIpc) is 3.33. The summed E-state index contributed by atoms with van der Waals surface area (Å²) < 4.78 is 16.8. The van der Waals surface area contributed by atoms with Gasteiger partial charge in [0.25, 0.3) is 0 Å². The molecular formula is C61H110O6. The summed E-state index contributed by atoms with van der Waals surface area (Å²) in [5.74, 6) is -0.895. The van der Waals surface area contributed by atoms with Gasteiger partial charge >= 0.3 is 17.9 Å². The molecule has 0 fully saturated rings. The zero-order chi connectivity index (χ0) is 48.6. The van der Waals surface area contributed by atoms with Gasteiger partial charge in [-0.2, -0.15) is 0 Å². The lowest BCUT2D eigenvalue weighted by molar-refractivity contribution is -0.167. The Bertz CT molecular complexity index is 1170. The summed E-state index contributed by atoms with van der Waals surface area (Å²) >= 11 is 0. The highest BCUT2D eigenvalue weighted by Gasteiger charge is 2.19. The van der Waals surface area contributed by atoms with E-state index in [0.29, 0.717) is 19.3 Å². The molecule has 0 N–H and O–H groups in total. The molecule has 0 aliphatic carbocycles. The summed E-state index contributed by atoms with van der Waals surface area (Å²) in [4.78, 5) is 38.1. The van der Waals surface area contributed by atoms with E-state index < -0.39 is 6.10 Å². The van der Waals surface area contributed by atoms with E-state index in [1.165, 1.54) is 154 Å². The van der Waals surface area contributed by atoms with Crippen LogP contribution < -0.4 is 0 Å². The summed E-state index contributed by atoms with van der Waals surface area (Å²) in [6.45, 7) is 6.56. The Morgan fingerprint density at radius 2 is 0.567 bits per heavy atom. The standard InChI is InChI=1S/C61H110O6/c1-4-7-10-13-16-19-22-25-27-28-29-30-31-32-34-36-39-42-45-48-51-54-60(63)66-57-58(56-65-59(62)53-50-47-44-41-38-35-24-21-18-15-12-9-6-3)67-61(64)55-52-49-46-43-40-37-33-26-23-20-17-14-11-8-5-2/h12,15,17,20-21,24,26,33,58H,4-11,13-14,16,18-19,22-23,25,27-32,34-57H2,1-3H3/b15-12-,20-17-,24-21-,33-26-. The van der Waals surface area contributed by atoms with Crippen molar-refractivity contribution >= 4 is 17.9 Å². The third kappa shape index (κ3) is 54.2. The lowest BCUT2D eigenvalue weighted by Gasteiger charge is -2.18. The molecule has 0 rings (SSSR count). The van der Waals surface area contributed by atoms with Crippen molar-refractivity contribution in [2.75, 3.05) is 13.2 Å². The number of esters is 3. The molecule has 1 atom stereocenters. The van der Waals surface area contributed by atoms with Gasteiger partial charge in [0.15, 0.2) is 6.10 Å². The molecule has 390 valence electrons. The molecule has 67 heavy (non-hydrogen) atoms. The van der Waals surface area contributed by atoms with Gasteiger partial charge in [0.2, 0.25) is 0 Å². The molecular weight excluding hydrogens is 829 g/mol. The molecule has 0 heterocycles. The molecule has 6 nitrogen and oxygen atoms in total. The van der Waals surface area contributed by atoms with Crippen LogP contribution in [0.15, 0.2) is 48.6 Å². The molecule has 0 amide bonds. The summed E-state index contributed by atoms with van der Waals surface area (Å²) in [5, 5.41) is 0. The monoisotopic (exact) mass is 939 g/mol. The Hall–Kier alpha value is -2.63. The number of allylic oxidation sites excluding steroid dienone is 8. The highest BCUT2D eigenvalue weighted by molar-refractivity contribution is 5.71. The quantitative estimate of drug-likeness (QED) is 0.0262. The molecule has 0 aromatic rings. The summed E-state index contributed by atoms with van der Waals surface area (Å²) in [7, 11) is 0. The number of carbonyl (C=O) groups excluding carboxylic acids is 3. The topological polar surface area (TPSA) is 78.9 Å². The minimum atomic E-state index is -0.784. The lowest BCUT2D eigenvalue weighted by Crippen LogP contribution is -2.30. The molecule has 0 saturated heterocycles. The molecule has 0 spiro atoms. The van der Waals surface area contributed by atoms with E-state index in [1.807, 2.05) is 0 Å². The van der Waals surface area contributed by atoms with Crippen LogP contribution in [-0.4, -0.2) is 37.2 Å². The van der Waals surface area contributed by atoms with E-state index >= 15 is 0 Å². The van der Waals surface area contributed by atoms with Crippen molar-refractivity contribution in [2.45, 2.75) is 309 Å². The number of hydrogen-bond acceptors (Lipinski definition) is 6. The molecule has 0 aliphatic heterocycles. The fourth-order valence-electron chi connectivity index (χ4n) is 8.39. The first-order valence-electron chi connectivity index (χ1n) is 29.1. The average molecular weight is 940 g/mol. The Balaban J connectivity index is 4.31. The van der Waals surface area contributed by atoms with E-state index in [0.717, 1.165) is 109 Å². The summed E-state index contributed by atoms with van der Waals surface area (Å²) in [5.41, 5.74) is 0. The maximum atomic E-state index is 12.8. The number of hydrogen-bond donors (Lipinski definition) is 0.